The van der Waals surface area contributed by atoms with Crippen molar-refractivity contribution in [1.29, 1.82) is 0 Å². The molecule has 0 atom stereocenters. The summed E-state index contributed by atoms with van der Waals surface area (Å²) in [7, 11) is 0. The molecule has 0 heterocycles. The first kappa shape index (κ1) is 23.7. The molecule has 0 aromatic heterocycles. The lowest BCUT2D eigenvalue weighted by Gasteiger charge is -2.34. The van der Waals surface area contributed by atoms with E-state index in [9.17, 15) is 14.7 Å². The maximum atomic E-state index is 13.9. The third kappa shape index (κ3) is 5.09. The summed E-state index contributed by atoms with van der Waals surface area (Å²) in [5.41, 5.74) is 0.0799. The second kappa shape index (κ2) is 11.1. The lowest BCUT2D eigenvalue weighted by molar-refractivity contribution is -0.133. The second-order valence-corrected chi connectivity index (χ2v) is 8.06. The number of aliphatic hydroxyl groups is 1. The van der Waals surface area contributed by atoms with Gasteiger partial charge in [-0.05, 0) is 41.8 Å². The van der Waals surface area contributed by atoms with E-state index in [1.165, 1.54) is 4.90 Å². The summed E-state index contributed by atoms with van der Waals surface area (Å²) >= 11 is 3.41. The minimum absolute atomic E-state index is 0.334. The molecule has 0 aliphatic heterocycles. The fourth-order valence-electron chi connectivity index (χ4n) is 3.46. The number of benzene rings is 3. The van der Waals surface area contributed by atoms with Crippen molar-refractivity contribution >= 4 is 33.5 Å². The minimum atomic E-state index is -1.87. The van der Waals surface area contributed by atoms with Crippen molar-refractivity contribution in [2.24, 2.45) is 0 Å². The van der Waals surface area contributed by atoms with Crippen LogP contribution in [-0.4, -0.2) is 35.5 Å². The molecule has 0 spiro atoms. The number of hydrogen-bond donors (Lipinski definition) is 1. The van der Waals surface area contributed by atoms with Gasteiger partial charge in [-0.1, -0.05) is 83.5 Å². The number of amides is 1. The van der Waals surface area contributed by atoms with Gasteiger partial charge >= 0.3 is 5.97 Å². The van der Waals surface area contributed by atoms with Crippen LogP contribution in [0.25, 0.3) is 0 Å². The van der Waals surface area contributed by atoms with Crippen molar-refractivity contribution in [1.82, 2.24) is 0 Å². The Balaban J connectivity index is 2.00. The van der Waals surface area contributed by atoms with Crippen LogP contribution in [0.5, 0.6) is 0 Å². The fourth-order valence-corrected chi connectivity index (χ4v) is 3.81. The molecular formula is C26H26BrNO4. The van der Waals surface area contributed by atoms with E-state index >= 15 is 0 Å². The predicted molar refractivity (Wildman–Crippen MR) is 129 cm³/mol. The zero-order valence-corrected chi connectivity index (χ0v) is 19.5. The average Bonchev–Trinajstić information content (AvgIpc) is 2.86. The molecule has 0 saturated carbocycles. The van der Waals surface area contributed by atoms with E-state index in [1.54, 1.807) is 72.8 Å². The van der Waals surface area contributed by atoms with E-state index < -0.39 is 17.5 Å². The van der Waals surface area contributed by atoms with Gasteiger partial charge in [-0.3, -0.25) is 4.79 Å². The largest absolute Gasteiger partial charge is 0.462 e. The number of alkyl halides is 1. The average molecular weight is 496 g/mol. The zero-order valence-electron chi connectivity index (χ0n) is 17.9. The molecule has 3 aromatic carbocycles. The second-order valence-electron chi connectivity index (χ2n) is 7.27. The minimum Gasteiger partial charge on any atom is -0.462 e. The summed E-state index contributed by atoms with van der Waals surface area (Å²) in [5, 5.41) is 12.4. The molecule has 166 valence electrons. The SMILES string of the molecule is CCCOC(=O)c1ccc(N(CCBr)C(=O)C(O)(c2ccccc2)c2ccccc2)cc1. The van der Waals surface area contributed by atoms with Crippen molar-refractivity contribution in [3.63, 3.8) is 0 Å². The molecule has 0 aliphatic carbocycles. The number of esters is 1. The molecule has 1 N–H and O–H groups in total. The monoisotopic (exact) mass is 495 g/mol. The van der Waals surface area contributed by atoms with Crippen LogP contribution in [0.1, 0.15) is 34.8 Å². The highest BCUT2D eigenvalue weighted by atomic mass is 79.9. The molecular weight excluding hydrogens is 470 g/mol. The van der Waals surface area contributed by atoms with E-state index in [2.05, 4.69) is 15.9 Å². The smallest absolute Gasteiger partial charge is 0.338 e. The summed E-state index contributed by atoms with van der Waals surface area (Å²) in [4.78, 5) is 27.5. The van der Waals surface area contributed by atoms with Crippen molar-refractivity contribution in [2.75, 3.05) is 23.4 Å². The van der Waals surface area contributed by atoms with Gasteiger partial charge in [0.05, 0.1) is 12.2 Å². The van der Waals surface area contributed by atoms with Crippen molar-refractivity contribution in [2.45, 2.75) is 18.9 Å². The summed E-state index contributed by atoms with van der Waals surface area (Å²) in [6.07, 6.45) is 0.745. The Morgan fingerprint density at radius 3 is 1.91 bits per heavy atom. The molecule has 0 radical (unpaired) electrons. The van der Waals surface area contributed by atoms with Gasteiger partial charge in [0.25, 0.3) is 5.91 Å². The maximum Gasteiger partial charge on any atom is 0.338 e. The molecule has 1 amide bonds. The van der Waals surface area contributed by atoms with Crippen molar-refractivity contribution in [3.8, 4) is 0 Å². The molecule has 0 aliphatic rings. The first-order chi connectivity index (χ1) is 15.5. The number of hydrogen-bond acceptors (Lipinski definition) is 4. The van der Waals surface area contributed by atoms with E-state index in [4.69, 9.17) is 4.74 Å². The summed E-state index contributed by atoms with van der Waals surface area (Å²) in [6, 6.07) is 24.5. The summed E-state index contributed by atoms with van der Waals surface area (Å²) in [5.74, 6) is -0.877. The Morgan fingerprint density at radius 1 is 0.906 bits per heavy atom. The molecule has 32 heavy (non-hydrogen) atoms. The highest BCUT2D eigenvalue weighted by Gasteiger charge is 2.43. The van der Waals surface area contributed by atoms with Gasteiger partial charge < -0.3 is 14.7 Å². The van der Waals surface area contributed by atoms with E-state index in [1.807, 2.05) is 19.1 Å². The van der Waals surface area contributed by atoms with Gasteiger partial charge in [0.15, 0.2) is 5.60 Å². The fraction of sp³-hybridized carbons (Fsp3) is 0.231. The molecule has 0 bridgehead atoms. The van der Waals surface area contributed by atoms with Crippen LogP contribution in [0.4, 0.5) is 5.69 Å². The van der Waals surface area contributed by atoms with Crippen LogP contribution >= 0.6 is 15.9 Å². The van der Waals surface area contributed by atoms with Crippen LogP contribution in [0.15, 0.2) is 84.9 Å². The van der Waals surface area contributed by atoms with Gasteiger partial charge in [-0.25, -0.2) is 4.79 Å². The van der Waals surface area contributed by atoms with Crippen LogP contribution in [0, 0.1) is 0 Å². The van der Waals surface area contributed by atoms with Crippen LogP contribution in [-0.2, 0) is 15.1 Å². The summed E-state index contributed by atoms with van der Waals surface area (Å²) < 4.78 is 5.18. The standard InChI is InChI=1S/C26H26BrNO4/c1-2-19-32-24(29)20-13-15-23(16-14-20)28(18-17-27)25(30)26(31,21-9-5-3-6-10-21)22-11-7-4-8-12-22/h3-16,31H,2,17-19H2,1H3. The van der Waals surface area contributed by atoms with Gasteiger partial charge in [-0.15, -0.1) is 0 Å². The molecule has 3 aromatic rings. The number of halogens is 1. The number of carbonyl (C=O) groups excluding carboxylic acids is 2. The first-order valence-corrected chi connectivity index (χ1v) is 11.6. The zero-order chi connectivity index (χ0) is 23.0. The molecule has 5 nitrogen and oxygen atoms in total. The third-order valence-corrected chi connectivity index (χ3v) is 5.45. The van der Waals surface area contributed by atoms with Crippen LogP contribution < -0.4 is 4.90 Å². The van der Waals surface area contributed by atoms with Gasteiger partial charge in [0.1, 0.15) is 0 Å². The quantitative estimate of drug-likeness (QED) is 0.338. The highest BCUT2D eigenvalue weighted by Crippen LogP contribution is 2.33. The Kier molecular flexibility index (Phi) is 8.20. The number of nitrogens with zero attached hydrogens (tertiary/aromatic N) is 1. The normalized spacial score (nSPS) is 11.1. The van der Waals surface area contributed by atoms with Gasteiger partial charge in [0, 0.05) is 17.6 Å². The summed E-state index contributed by atoms with van der Waals surface area (Å²) in [6.45, 7) is 2.62. The Hall–Kier alpha value is -2.96. The van der Waals surface area contributed by atoms with Gasteiger partial charge in [-0.2, -0.15) is 0 Å². The number of rotatable bonds is 9. The topological polar surface area (TPSA) is 66.8 Å². The Labute approximate surface area is 196 Å². The Bertz CT molecular complexity index is 983. The van der Waals surface area contributed by atoms with Crippen LogP contribution in [0.3, 0.4) is 0 Å². The van der Waals surface area contributed by atoms with Crippen LogP contribution in [0.2, 0.25) is 0 Å². The van der Waals surface area contributed by atoms with E-state index in [-0.39, 0.29) is 0 Å². The van der Waals surface area contributed by atoms with Crippen molar-refractivity contribution < 1.29 is 19.4 Å². The van der Waals surface area contributed by atoms with E-state index in [0.717, 1.165) is 6.42 Å². The molecule has 0 saturated heterocycles. The lowest BCUT2D eigenvalue weighted by Crippen LogP contribution is -2.48. The molecule has 0 fully saturated rings. The maximum absolute atomic E-state index is 13.9. The highest BCUT2D eigenvalue weighted by molar-refractivity contribution is 9.09. The first-order valence-electron chi connectivity index (χ1n) is 10.5. The number of carbonyl (C=O) groups is 2. The van der Waals surface area contributed by atoms with Crippen molar-refractivity contribution in [3.05, 3.63) is 102 Å². The molecule has 6 heteroatoms. The van der Waals surface area contributed by atoms with Gasteiger partial charge in [0.2, 0.25) is 0 Å². The number of anilines is 1. The third-order valence-electron chi connectivity index (χ3n) is 5.10. The molecule has 0 unspecified atom stereocenters. The molecule has 3 rings (SSSR count). The predicted octanol–water partition coefficient (Wildman–Crippen LogP) is 4.92. The number of ether oxygens (including phenoxy) is 1. The Morgan fingerprint density at radius 2 is 1.44 bits per heavy atom. The lowest BCUT2D eigenvalue weighted by atomic mass is 9.85. The van der Waals surface area contributed by atoms with E-state index in [0.29, 0.717) is 40.9 Å².